The highest BCUT2D eigenvalue weighted by atomic mass is 16.4. The molecule has 2 rings (SSSR count). The van der Waals surface area contributed by atoms with Crippen LogP contribution in [0.15, 0.2) is 24.5 Å². The number of carbonyl (C=O) groups excluding carboxylic acids is 1. The summed E-state index contributed by atoms with van der Waals surface area (Å²) in [5, 5.41) is 11.9. The van der Waals surface area contributed by atoms with Crippen molar-refractivity contribution in [3.63, 3.8) is 0 Å². The fraction of sp³-hybridized carbons (Fsp3) is 0.462. The van der Waals surface area contributed by atoms with Gasteiger partial charge in [0.05, 0.1) is 0 Å². The van der Waals surface area contributed by atoms with Gasteiger partial charge in [0.15, 0.2) is 0 Å². The maximum Gasteiger partial charge on any atom is 0.326 e. The molecule has 1 aromatic heterocycles. The van der Waals surface area contributed by atoms with Gasteiger partial charge in [-0.15, -0.1) is 0 Å². The number of carbonyl (C=O) groups is 2. The first-order valence-corrected chi connectivity index (χ1v) is 6.34. The van der Waals surface area contributed by atoms with E-state index in [-0.39, 0.29) is 6.03 Å². The average Bonchev–Trinajstić information content (AvgIpc) is 2.46. The molecule has 0 aliphatic carbocycles. The Bertz CT molecular complexity index is 450. The Balaban J connectivity index is 1.93. The highest BCUT2D eigenvalue weighted by Gasteiger charge is 2.31. The molecule has 1 unspecified atom stereocenters. The first kappa shape index (κ1) is 13.3. The molecular formula is C13H17N3O3. The first-order valence-electron chi connectivity index (χ1n) is 6.34. The van der Waals surface area contributed by atoms with Crippen molar-refractivity contribution in [2.24, 2.45) is 0 Å². The van der Waals surface area contributed by atoms with Crippen molar-refractivity contribution < 1.29 is 14.7 Å². The molecule has 1 fully saturated rings. The Labute approximate surface area is 111 Å². The molecule has 0 bridgehead atoms. The molecule has 0 spiro atoms. The van der Waals surface area contributed by atoms with Crippen LogP contribution in [0.5, 0.6) is 0 Å². The lowest BCUT2D eigenvalue weighted by Gasteiger charge is -2.32. The fourth-order valence-electron chi connectivity index (χ4n) is 2.21. The second kappa shape index (κ2) is 6.17. The zero-order chi connectivity index (χ0) is 13.7. The van der Waals surface area contributed by atoms with Crippen LogP contribution in [0.2, 0.25) is 0 Å². The van der Waals surface area contributed by atoms with Crippen LogP contribution in [-0.4, -0.2) is 39.6 Å². The molecule has 0 aromatic carbocycles. The largest absolute Gasteiger partial charge is 0.480 e. The van der Waals surface area contributed by atoms with Crippen LogP contribution in [0.25, 0.3) is 0 Å². The summed E-state index contributed by atoms with van der Waals surface area (Å²) in [7, 11) is 0. The Morgan fingerprint density at radius 3 is 2.79 bits per heavy atom. The Kier molecular flexibility index (Phi) is 4.33. The summed E-state index contributed by atoms with van der Waals surface area (Å²) in [6.07, 6.45) is 5.54. The quantitative estimate of drug-likeness (QED) is 0.859. The number of likely N-dealkylation sites (tertiary alicyclic amines) is 1. The van der Waals surface area contributed by atoms with E-state index >= 15 is 0 Å². The molecule has 1 aromatic rings. The van der Waals surface area contributed by atoms with Crippen LogP contribution in [0, 0.1) is 0 Å². The van der Waals surface area contributed by atoms with Gasteiger partial charge < -0.3 is 15.3 Å². The molecule has 2 N–H and O–H groups in total. The second-order valence-corrected chi connectivity index (χ2v) is 4.56. The summed E-state index contributed by atoms with van der Waals surface area (Å²) in [5.41, 5.74) is 0.937. The maximum absolute atomic E-state index is 12.0. The van der Waals surface area contributed by atoms with Crippen molar-refractivity contribution in [3.05, 3.63) is 30.1 Å². The molecular weight excluding hydrogens is 246 g/mol. The van der Waals surface area contributed by atoms with Crippen molar-refractivity contribution in [2.45, 2.75) is 31.8 Å². The molecule has 1 atom stereocenters. The van der Waals surface area contributed by atoms with Crippen molar-refractivity contribution in [2.75, 3.05) is 6.54 Å². The van der Waals surface area contributed by atoms with E-state index in [1.54, 1.807) is 12.4 Å². The highest BCUT2D eigenvalue weighted by molar-refractivity contribution is 5.82. The van der Waals surface area contributed by atoms with Crippen molar-refractivity contribution >= 4 is 12.0 Å². The molecule has 19 heavy (non-hydrogen) atoms. The SMILES string of the molecule is O=C(O)C1CCCCN1C(=O)NCc1ccncc1. The fourth-order valence-corrected chi connectivity index (χ4v) is 2.21. The van der Waals surface area contributed by atoms with E-state index in [2.05, 4.69) is 10.3 Å². The number of hydrogen-bond donors (Lipinski definition) is 2. The summed E-state index contributed by atoms with van der Waals surface area (Å²) >= 11 is 0. The average molecular weight is 263 g/mol. The summed E-state index contributed by atoms with van der Waals surface area (Å²) in [6, 6.07) is 2.60. The number of amides is 2. The van der Waals surface area contributed by atoms with E-state index in [0.717, 1.165) is 18.4 Å². The van der Waals surface area contributed by atoms with E-state index in [0.29, 0.717) is 19.5 Å². The lowest BCUT2D eigenvalue weighted by atomic mass is 10.0. The van der Waals surface area contributed by atoms with Gasteiger partial charge in [-0.2, -0.15) is 0 Å². The Morgan fingerprint density at radius 1 is 1.37 bits per heavy atom. The number of aromatic nitrogens is 1. The minimum Gasteiger partial charge on any atom is -0.480 e. The minimum atomic E-state index is -0.932. The van der Waals surface area contributed by atoms with Gasteiger partial charge in [0.25, 0.3) is 0 Å². The van der Waals surface area contributed by atoms with E-state index in [9.17, 15) is 9.59 Å². The molecule has 2 amide bonds. The lowest BCUT2D eigenvalue weighted by molar-refractivity contribution is -0.143. The molecule has 1 saturated heterocycles. The number of hydrogen-bond acceptors (Lipinski definition) is 3. The zero-order valence-corrected chi connectivity index (χ0v) is 10.6. The van der Waals surface area contributed by atoms with Gasteiger partial charge in [0, 0.05) is 25.5 Å². The van der Waals surface area contributed by atoms with Gasteiger partial charge in [-0.25, -0.2) is 9.59 Å². The summed E-state index contributed by atoms with van der Waals surface area (Å²) in [6.45, 7) is 0.878. The van der Waals surface area contributed by atoms with Crippen molar-refractivity contribution in [3.8, 4) is 0 Å². The van der Waals surface area contributed by atoms with Crippen molar-refractivity contribution in [1.82, 2.24) is 15.2 Å². The van der Waals surface area contributed by atoms with Gasteiger partial charge in [0.1, 0.15) is 6.04 Å². The van der Waals surface area contributed by atoms with Crippen LogP contribution >= 0.6 is 0 Å². The predicted molar refractivity (Wildman–Crippen MR) is 68.5 cm³/mol. The van der Waals surface area contributed by atoms with Crippen LogP contribution < -0.4 is 5.32 Å². The second-order valence-electron chi connectivity index (χ2n) is 4.56. The summed E-state index contributed by atoms with van der Waals surface area (Å²) < 4.78 is 0. The molecule has 2 heterocycles. The molecule has 1 aliphatic heterocycles. The zero-order valence-electron chi connectivity index (χ0n) is 10.6. The Hall–Kier alpha value is -2.11. The van der Waals surface area contributed by atoms with Crippen LogP contribution in [0.3, 0.4) is 0 Å². The van der Waals surface area contributed by atoms with Gasteiger partial charge in [-0.05, 0) is 37.0 Å². The Morgan fingerprint density at radius 2 is 2.11 bits per heavy atom. The van der Waals surface area contributed by atoms with E-state index in [1.807, 2.05) is 12.1 Å². The number of rotatable bonds is 3. The van der Waals surface area contributed by atoms with Gasteiger partial charge in [0.2, 0.25) is 0 Å². The third-order valence-electron chi connectivity index (χ3n) is 3.24. The number of aliphatic carboxylic acids is 1. The third-order valence-corrected chi connectivity index (χ3v) is 3.24. The van der Waals surface area contributed by atoms with E-state index in [1.165, 1.54) is 4.90 Å². The molecule has 6 nitrogen and oxygen atoms in total. The van der Waals surface area contributed by atoms with Gasteiger partial charge in [-0.1, -0.05) is 0 Å². The lowest BCUT2D eigenvalue weighted by Crippen LogP contribution is -2.51. The minimum absolute atomic E-state index is 0.316. The van der Waals surface area contributed by atoms with Crippen molar-refractivity contribution in [1.29, 1.82) is 0 Å². The number of carboxylic acid groups (broad SMARTS) is 1. The monoisotopic (exact) mass is 263 g/mol. The summed E-state index contributed by atoms with van der Waals surface area (Å²) in [4.78, 5) is 28.4. The number of piperidine rings is 1. The van der Waals surface area contributed by atoms with Crippen LogP contribution in [0.4, 0.5) is 4.79 Å². The molecule has 0 saturated carbocycles. The molecule has 1 aliphatic rings. The topological polar surface area (TPSA) is 82.5 Å². The van der Waals surface area contributed by atoms with E-state index in [4.69, 9.17) is 5.11 Å². The molecule has 102 valence electrons. The van der Waals surface area contributed by atoms with Gasteiger partial charge in [-0.3, -0.25) is 4.98 Å². The van der Waals surface area contributed by atoms with E-state index < -0.39 is 12.0 Å². The number of pyridine rings is 1. The molecule has 6 heteroatoms. The number of nitrogens with one attached hydrogen (secondary N) is 1. The molecule has 0 radical (unpaired) electrons. The maximum atomic E-state index is 12.0. The normalized spacial score (nSPS) is 18.9. The number of carboxylic acids is 1. The predicted octanol–water partition coefficient (Wildman–Crippen LogP) is 1.23. The standard InChI is InChI=1S/C13H17N3O3/c17-12(18)11-3-1-2-8-16(11)13(19)15-9-10-4-6-14-7-5-10/h4-7,11H,1-3,8-9H2,(H,15,19)(H,17,18). The number of nitrogens with zero attached hydrogens (tertiary/aromatic N) is 2. The van der Waals surface area contributed by atoms with Gasteiger partial charge >= 0.3 is 12.0 Å². The smallest absolute Gasteiger partial charge is 0.326 e. The number of urea groups is 1. The highest BCUT2D eigenvalue weighted by Crippen LogP contribution is 2.17. The third kappa shape index (κ3) is 3.43. The van der Waals surface area contributed by atoms with Crippen LogP contribution in [-0.2, 0) is 11.3 Å². The summed E-state index contributed by atoms with van der Waals surface area (Å²) in [5.74, 6) is -0.932. The van der Waals surface area contributed by atoms with Crippen LogP contribution in [0.1, 0.15) is 24.8 Å². The first-order chi connectivity index (χ1) is 9.18.